The molecule has 2 atom stereocenters. The van der Waals surface area contributed by atoms with Gasteiger partial charge in [-0.2, -0.15) is 0 Å². The van der Waals surface area contributed by atoms with E-state index in [4.69, 9.17) is 5.73 Å². The molecule has 1 saturated carbocycles. The Morgan fingerprint density at radius 1 is 1.37 bits per heavy atom. The maximum atomic E-state index is 6.19. The Balaban J connectivity index is 2.10. The van der Waals surface area contributed by atoms with E-state index in [1.54, 1.807) is 0 Å². The third-order valence-electron chi connectivity index (χ3n) is 4.40. The summed E-state index contributed by atoms with van der Waals surface area (Å²) in [6, 6.07) is 6.77. The van der Waals surface area contributed by atoms with Gasteiger partial charge in [-0.25, -0.2) is 4.98 Å². The van der Waals surface area contributed by atoms with Gasteiger partial charge in [-0.15, -0.1) is 0 Å². The third-order valence-corrected chi connectivity index (χ3v) is 4.90. The molecule has 2 N–H and O–H groups in total. The number of anilines is 1. The van der Waals surface area contributed by atoms with Gasteiger partial charge in [-0.1, -0.05) is 42.1 Å². The molecule has 0 spiro atoms. The highest BCUT2D eigenvalue weighted by Crippen LogP contribution is 2.39. The highest BCUT2D eigenvalue weighted by molar-refractivity contribution is 9.10. The molecular formula is C15H20BrN3. The summed E-state index contributed by atoms with van der Waals surface area (Å²) in [5, 5.41) is 0. The zero-order valence-electron chi connectivity index (χ0n) is 11.3. The van der Waals surface area contributed by atoms with Gasteiger partial charge in [-0.3, -0.25) is 0 Å². The quantitative estimate of drug-likeness (QED) is 0.883. The Bertz CT molecular complexity index is 590. The number of hydrogen-bond donors (Lipinski definition) is 1. The summed E-state index contributed by atoms with van der Waals surface area (Å²) in [6.07, 6.45) is 6.42. The molecule has 0 saturated heterocycles. The Kier molecular flexibility index (Phi) is 3.52. The number of benzene rings is 1. The van der Waals surface area contributed by atoms with Gasteiger partial charge in [0.05, 0.1) is 11.0 Å². The number of hydrogen-bond acceptors (Lipinski definition) is 2. The molecule has 2 aromatic rings. The van der Waals surface area contributed by atoms with Crippen molar-refractivity contribution in [1.29, 1.82) is 0 Å². The lowest BCUT2D eigenvalue weighted by atomic mass is 9.82. The first-order chi connectivity index (χ1) is 9.20. The van der Waals surface area contributed by atoms with Gasteiger partial charge < -0.3 is 10.3 Å². The van der Waals surface area contributed by atoms with Gasteiger partial charge >= 0.3 is 0 Å². The first-order valence-electron chi connectivity index (χ1n) is 7.13. The Labute approximate surface area is 122 Å². The molecule has 2 unspecified atom stereocenters. The number of rotatable bonds is 2. The summed E-state index contributed by atoms with van der Waals surface area (Å²) in [5.41, 5.74) is 8.35. The summed E-state index contributed by atoms with van der Waals surface area (Å²) in [4.78, 5) is 4.53. The summed E-state index contributed by atoms with van der Waals surface area (Å²) >= 11 is 3.50. The molecule has 0 amide bonds. The average molecular weight is 322 g/mol. The van der Waals surface area contributed by atoms with Crippen LogP contribution in [0.1, 0.15) is 45.1 Å². The molecule has 4 heteroatoms. The topological polar surface area (TPSA) is 43.8 Å². The van der Waals surface area contributed by atoms with E-state index in [-0.39, 0.29) is 0 Å². The molecule has 102 valence electrons. The van der Waals surface area contributed by atoms with Crippen LogP contribution in [0.3, 0.4) is 0 Å². The van der Waals surface area contributed by atoms with Crippen molar-refractivity contribution in [2.75, 3.05) is 5.73 Å². The second kappa shape index (κ2) is 5.16. The predicted molar refractivity (Wildman–Crippen MR) is 83.1 cm³/mol. The summed E-state index contributed by atoms with van der Waals surface area (Å²) in [5.74, 6) is 1.40. The number of nitrogens with zero attached hydrogens (tertiary/aromatic N) is 2. The van der Waals surface area contributed by atoms with Crippen molar-refractivity contribution in [2.45, 2.75) is 45.1 Å². The lowest BCUT2D eigenvalue weighted by Gasteiger charge is -2.32. The predicted octanol–water partition coefficient (Wildman–Crippen LogP) is 4.52. The van der Waals surface area contributed by atoms with Crippen molar-refractivity contribution in [3.05, 3.63) is 22.7 Å². The van der Waals surface area contributed by atoms with E-state index in [1.807, 2.05) is 6.07 Å². The normalized spacial score (nSPS) is 23.9. The Morgan fingerprint density at radius 3 is 2.95 bits per heavy atom. The molecule has 1 aromatic carbocycles. The highest BCUT2D eigenvalue weighted by Gasteiger charge is 2.27. The molecule has 1 aliphatic carbocycles. The molecule has 3 rings (SSSR count). The zero-order valence-corrected chi connectivity index (χ0v) is 12.9. The fraction of sp³-hybridized carbons (Fsp3) is 0.533. The van der Waals surface area contributed by atoms with Crippen LogP contribution in [0.5, 0.6) is 0 Å². The molecule has 1 aromatic heterocycles. The largest absolute Gasteiger partial charge is 0.369 e. The van der Waals surface area contributed by atoms with E-state index >= 15 is 0 Å². The number of nitrogens with two attached hydrogens (primary N) is 1. The molecule has 19 heavy (non-hydrogen) atoms. The monoisotopic (exact) mass is 321 g/mol. The van der Waals surface area contributed by atoms with Crippen LogP contribution < -0.4 is 5.73 Å². The van der Waals surface area contributed by atoms with Crippen LogP contribution in [0.15, 0.2) is 22.7 Å². The fourth-order valence-electron chi connectivity index (χ4n) is 3.44. The van der Waals surface area contributed by atoms with E-state index in [0.29, 0.717) is 12.0 Å². The van der Waals surface area contributed by atoms with Gasteiger partial charge in [0, 0.05) is 10.5 Å². The van der Waals surface area contributed by atoms with Crippen molar-refractivity contribution in [3.8, 4) is 0 Å². The van der Waals surface area contributed by atoms with E-state index in [9.17, 15) is 0 Å². The van der Waals surface area contributed by atoms with Gasteiger partial charge in [0.2, 0.25) is 5.95 Å². The van der Waals surface area contributed by atoms with Crippen molar-refractivity contribution < 1.29 is 0 Å². The van der Waals surface area contributed by atoms with Crippen LogP contribution in [-0.4, -0.2) is 9.55 Å². The van der Waals surface area contributed by atoms with Gasteiger partial charge in [0.25, 0.3) is 0 Å². The van der Waals surface area contributed by atoms with E-state index in [1.165, 1.54) is 37.6 Å². The standard InChI is InChI=1S/C15H20BrN3/c1-2-10-5-3-4-6-13(10)19-14-8-7-11(16)9-12(14)18-15(19)17/h7-10,13H,2-6H2,1H3,(H2,17,18). The number of imidazole rings is 1. The fourth-order valence-corrected chi connectivity index (χ4v) is 3.79. The number of fused-ring (bicyclic) bond motifs is 1. The van der Waals surface area contributed by atoms with E-state index in [0.717, 1.165) is 15.9 Å². The Morgan fingerprint density at radius 2 is 2.16 bits per heavy atom. The molecule has 0 aliphatic heterocycles. The maximum absolute atomic E-state index is 6.19. The molecule has 1 aliphatic rings. The van der Waals surface area contributed by atoms with Crippen LogP contribution in [0.25, 0.3) is 11.0 Å². The number of aromatic nitrogens is 2. The van der Waals surface area contributed by atoms with Gasteiger partial charge in [-0.05, 0) is 37.0 Å². The third kappa shape index (κ3) is 2.27. The minimum absolute atomic E-state index is 0.518. The number of nitrogen functional groups attached to an aromatic ring is 1. The maximum Gasteiger partial charge on any atom is 0.201 e. The van der Waals surface area contributed by atoms with Crippen LogP contribution in [0.2, 0.25) is 0 Å². The second-order valence-electron chi connectivity index (χ2n) is 5.49. The van der Waals surface area contributed by atoms with Crippen molar-refractivity contribution in [1.82, 2.24) is 9.55 Å². The highest BCUT2D eigenvalue weighted by atomic mass is 79.9. The smallest absolute Gasteiger partial charge is 0.201 e. The summed E-state index contributed by atoms with van der Waals surface area (Å²) in [6.45, 7) is 2.29. The van der Waals surface area contributed by atoms with Crippen LogP contribution in [0.4, 0.5) is 5.95 Å². The van der Waals surface area contributed by atoms with E-state index < -0.39 is 0 Å². The van der Waals surface area contributed by atoms with Crippen LogP contribution in [-0.2, 0) is 0 Å². The van der Waals surface area contributed by atoms with Gasteiger partial charge in [0.15, 0.2) is 0 Å². The molecule has 1 fully saturated rings. The number of halogens is 1. The van der Waals surface area contributed by atoms with Crippen molar-refractivity contribution in [3.63, 3.8) is 0 Å². The lowest BCUT2D eigenvalue weighted by Crippen LogP contribution is -2.23. The lowest BCUT2D eigenvalue weighted by molar-refractivity contribution is 0.239. The van der Waals surface area contributed by atoms with Crippen LogP contribution >= 0.6 is 15.9 Å². The minimum atomic E-state index is 0.518. The molecule has 3 nitrogen and oxygen atoms in total. The van der Waals surface area contributed by atoms with Crippen LogP contribution in [0, 0.1) is 5.92 Å². The zero-order chi connectivity index (χ0) is 13.4. The van der Waals surface area contributed by atoms with Gasteiger partial charge in [0.1, 0.15) is 0 Å². The molecule has 1 heterocycles. The summed E-state index contributed by atoms with van der Waals surface area (Å²) in [7, 11) is 0. The summed E-state index contributed by atoms with van der Waals surface area (Å²) < 4.78 is 3.33. The molecular weight excluding hydrogens is 302 g/mol. The molecule has 0 bridgehead atoms. The first kappa shape index (κ1) is 13.0. The minimum Gasteiger partial charge on any atom is -0.369 e. The van der Waals surface area contributed by atoms with E-state index in [2.05, 4.69) is 44.5 Å². The average Bonchev–Trinajstić information content (AvgIpc) is 2.73. The second-order valence-corrected chi connectivity index (χ2v) is 6.41. The SMILES string of the molecule is CCC1CCCCC1n1c(N)nc2cc(Br)ccc21. The Hall–Kier alpha value is -1.03. The first-order valence-corrected chi connectivity index (χ1v) is 7.93. The van der Waals surface area contributed by atoms with Crippen molar-refractivity contribution in [2.24, 2.45) is 5.92 Å². The molecule has 0 radical (unpaired) electrons. The van der Waals surface area contributed by atoms with Crippen molar-refractivity contribution >= 4 is 32.9 Å².